The summed E-state index contributed by atoms with van der Waals surface area (Å²) in [6, 6.07) is 0.612. The standard InChI is InChI=1S/C12H21NO/c1-2-6-11(9-10-14)13-12-7-4-3-5-8-12/h9-10,12-13H,2-8H2,1H3. The van der Waals surface area contributed by atoms with Crippen LogP contribution in [0, 0.1) is 0 Å². The summed E-state index contributed by atoms with van der Waals surface area (Å²) >= 11 is 0. The van der Waals surface area contributed by atoms with E-state index in [-0.39, 0.29) is 0 Å². The van der Waals surface area contributed by atoms with Gasteiger partial charge in [-0.25, -0.2) is 0 Å². The molecule has 0 aromatic heterocycles. The van der Waals surface area contributed by atoms with E-state index in [0.29, 0.717) is 6.04 Å². The maximum absolute atomic E-state index is 10.4. The SMILES string of the molecule is CCCC(=CC=O)NC1CCCCC1. The largest absolute Gasteiger partial charge is 0.386 e. The highest BCUT2D eigenvalue weighted by molar-refractivity contribution is 5.65. The zero-order chi connectivity index (χ0) is 10.2. The van der Waals surface area contributed by atoms with E-state index in [1.807, 2.05) is 0 Å². The van der Waals surface area contributed by atoms with Gasteiger partial charge < -0.3 is 5.32 Å². The van der Waals surface area contributed by atoms with Crippen LogP contribution in [0.4, 0.5) is 0 Å². The van der Waals surface area contributed by atoms with Gasteiger partial charge in [0.05, 0.1) is 0 Å². The molecule has 1 aliphatic carbocycles. The second-order valence-corrected chi connectivity index (χ2v) is 4.06. The van der Waals surface area contributed by atoms with Crippen molar-refractivity contribution in [2.24, 2.45) is 0 Å². The molecule has 0 unspecified atom stereocenters. The molecule has 1 fully saturated rings. The highest BCUT2D eigenvalue weighted by Crippen LogP contribution is 2.18. The van der Waals surface area contributed by atoms with Crippen LogP contribution in [0.2, 0.25) is 0 Å². The van der Waals surface area contributed by atoms with Crippen LogP contribution < -0.4 is 5.32 Å². The lowest BCUT2D eigenvalue weighted by molar-refractivity contribution is -0.104. The second kappa shape index (κ2) is 6.63. The van der Waals surface area contributed by atoms with Gasteiger partial charge in [0.25, 0.3) is 0 Å². The molecule has 14 heavy (non-hydrogen) atoms. The molecular weight excluding hydrogens is 174 g/mol. The van der Waals surface area contributed by atoms with Gasteiger partial charge in [0.1, 0.15) is 6.29 Å². The zero-order valence-electron chi connectivity index (χ0n) is 9.09. The summed E-state index contributed by atoms with van der Waals surface area (Å²) < 4.78 is 0. The van der Waals surface area contributed by atoms with Gasteiger partial charge in [-0.3, -0.25) is 4.79 Å². The molecule has 1 rings (SSSR count). The van der Waals surface area contributed by atoms with Crippen molar-refractivity contribution in [1.82, 2.24) is 5.32 Å². The van der Waals surface area contributed by atoms with Gasteiger partial charge in [0, 0.05) is 11.7 Å². The predicted octanol–water partition coefficient (Wildman–Crippen LogP) is 2.79. The van der Waals surface area contributed by atoms with Crippen molar-refractivity contribution in [3.63, 3.8) is 0 Å². The summed E-state index contributed by atoms with van der Waals surface area (Å²) in [6.45, 7) is 2.14. The summed E-state index contributed by atoms with van der Waals surface area (Å²) in [4.78, 5) is 10.4. The number of hydrogen-bond acceptors (Lipinski definition) is 2. The quantitative estimate of drug-likeness (QED) is 0.540. The summed E-state index contributed by atoms with van der Waals surface area (Å²) in [5, 5.41) is 3.49. The van der Waals surface area contributed by atoms with Crippen molar-refractivity contribution in [2.45, 2.75) is 57.9 Å². The van der Waals surface area contributed by atoms with Crippen molar-refractivity contribution < 1.29 is 4.79 Å². The molecule has 0 aliphatic heterocycles. The molecule has 1 N–H and O–H groups in total. The van der Waals surface area contributed by atoms with Crippen LogP contribution in [-0.2, 0) is 4.79 Å². The zero-order valence-corrected chi connectivity index (χ0v) is 9.09. The van der Waals surface area contributed by atoms with Crippen LogP contribution >= 0.6 is 0 Å². The Labute approximate surface area is 86.8 Å². The highest BCUT2D eigenvalue weighted by atomic mass is 16.1. The van der Waals surface area contributed by atoms with E-state index in [1.54, 1.807) is 6.08 Å². The molecule has 0 bridgehead atoms. The molecule has 80 valence electrons. The van der Waals surface area contributed by atoms with Gasteiger partial charge >= 0.3 is 0 Å². The van der Waals surface area contributed by atoms with E-state index in [1.165, 1.54) is 32.1 Å². The minimum absolute atomic E-state index is 0.612. The van der Waals surface area contributed by atoms with E-state index in [4.69, 9.17) is 0 Å². The summed E-state index contributed by atoms with van der Waals surface area (Å²) in [5.41, 5.74) is 1.12. The number of rotatable bonds is 5. The molecule has 0 aromatic carbocycles. The second-order valence-electron chi connectivity index (χ2n) is 4.06. The smallest absolute Gasteiger partial charge is 0.144 e. The number of carbonyl (C=O) groups is 1. The normalized spacial score (nSPS) is 19.4. The van der Waals surface area contributed by atoms with Crippen molar-refractivity contribution >= 4 is 6.29 Å². The van der Waals surface area contributed by atoms with Gasteiger partial charge in [-0.05, 0) is 25.3 Å². The van der Waals surface area contributed by atoms with Gasteiger partial charge in [-0.1, -0.05) is 32.6 Å². The van der Waals surface area contributed by atoms with E-state index in [2.05, 4.69) is 12.2 Å². The van der Waals surface area contributed by atoms with E-state index < -0.39 is 0 Å². The van der Waals surface area contributed by atoms with Crippen LogP contribution in [0.25, 0.3) is 0 Å². The third-order valence-electron chi connectivity index (χ3n) is 2.78. The van der Waals surface area contributed by atoms with E-state index >= 15 is 0 Å². The fraction of sp³-hybridized carbons (Fsp3) is 0.750. The highest BCUT2D eigenvalue weighted by Gasteiger charge is 2.13. The molecule has 2 nitrogen and oxygen atoms in total. The number of nitrogens with one attached hydrogen (secondary N) is 1. The van der Waals surface area contributed by atoms with Gasteiger partial charge in [-0.15, -0.1) is 0 Å². The third-order valence-corrected chi connectivity index (χ3v) is 2.78. The fourth-order valence-electron chi connectivity index (χ4n) is 2.06. The topological polar surface area (TPSA) is 29.1 Å². The molecule has 0 heterocycles. The Morgan fingerprint density at radius 2 is 2.07 bits per heavy atom. The van der Waals surface area contributed by atoms with Crippen LogP contribution in [-0.4, -0.2) is 12.3 Å². The van der Waals surface area contributed by atoms with Crippen molar-refractivity contribution in [3.8, 4) is 0 Å². The Bertz CT molecular complexity index is 192. The minimum atomic E-state index is 0.612. The van der Waals surface area contributed by atoms with Crippen molar-refractivity contribution in [2.75, 3.05) is 0 Å². The summed E-state index contributed by atoms with van der Waals surface area (Å²) in [7, 11) is 0. The maximum Gasteiger partial charge on any atom is 0.144 e. The minimum Gasteiger partial charge on any atom is -0.386 e. The fourth-order valence-corrected chi connectivity index (χ4v) is 2.06. The average molecular weight is 195 g/mol. The van der Waals surface area contributed by atoms with Crippen molar-refractivity contribution in [1.29, 1.82) is 0 Å². The Balaban J connectivity index is 2.37. The molecule has 1 saturated carbocycles. The first kappa shape index (κ1) is 11.3. The molecule has 0 aromatic rings. The molecular formula is C12H21NO. The van der Waals surface area contributed by atoms with Gasteiger partial charge in [0.15, 0.2) is 0 Å². The van der Waals surface area contributed by atoms with Crippen LogP contribution in [0.1, 0.15) is 51.9 Å². The van der Waals surface area contributed by atoms with E-state index in [9.17, 15) is 4.79 Å². The molecule has 2 heteroatoms. The van der Waals surface area contributed by atoms with Gasteiger partial charge in [-0.2, -0.15) is 0 Å². The molecule has 0 radical (unpaired) electrons. The molecule has 0 atom stereocenters. The lowest BCUT2D eigenvalue weighted by Crippen LogP contribution is -2.30. The third kappa shape index (κ3) is 3.95. The first-order valence-electron chi connectivity index (χ1n) is 5.77. The number of allylic oxidation sites excluding steroid dienone is 2. The maximum atomic E-state index is 10.4. The lowest BCUT2D eigenvalue weighted by atomic mass is 9.95. The number of carbonyl (C=O) groups excluding carboxylic acids is 1. The number of aldehydes is 1. The molecule has 0 spiro atoms. The molecule has 1 aliphatic rings. The van der Waals surface area contributed by atoms with E-state index in [0.717, 1.165) is 24.8 Å². The van der Waals surface area contributed by atoms with Crippen LogP contribution in [0.15, 0.2) is 11.8 Å². The predicted molar refractivity (Wildman–Crippen MR) is 59.1 cm³/mol. The summed E-state index contributed by atoms with van der Waals surface area (Å²) in [5.74, 6) is 0. The van der Waals surface area contributed by atoms with Crippen LogP contribution in [0.5, 0.6) is 0 Å². The first-order chi connectivity index (χ1) is 6.86. The lowest BCUT2D eigenvalue weighted by Gasteiger charge is -2.25. The monoisotopic (exact) mass is 195 g/mol. The Morgan fingerprint density at radius 1 is 1.36 bits per heavy atom. The van der Waals surface area contributed by atoms with Crippen molar-refractivity contribution in [3.05, 3.63) is 11.8 Å². The first-order valence-corrected chi connectivity index (χ1v) is 5.77. The Hall–Kier alpha value is -0.790. The summed E-state index contributed by atoms with van der Waals surface area (Å²) in [6.07, 6.45) is 11.2. The number of hydrogen-bond donors (Lipinski definition) is 1. The molecule has 0 amide bonds. The molecule has 0 saturated heterocycles. The van der Waals surface area contributed by atoms with Crippen LogP contribution in [0.3, 0.4) is 0 Å². The Morgan fingerprint density at radius 3 is 2.64 bits per heavy atom. The Kier molecular flexibility index (Phi) is 5.35. The average Bonchev–Trinajstić information content (AvgIpc) is 2.20. The van der Waals surface area contributed by atoms with Gasteiger partial charge in [0.2, 0.25) is 0 Å².